The number of likely N-dealkylation sites (tertiary alicyclic amines) is 1. The molecule has 2 aromatic heterocycles. The van der Waals surface area contributed by atoms with Gasteiger partial charge in [-0.15, -0.1) is 0 Å². The van der Waals surface area contributed by atoms with Crippen LogP contribution in [0.3, 0.4) is 0 Å². The number of benzene rings is 2. The second kappa shape index (κ2) is 14.0. The van der Waals surface area contributed by atoms with Crippen molar-refractivity contribution in [2.75, 3.05) is 26.2 Å². The molecular formula is C38H44N4O4. The van der Waals surface area contributed by atoms with E-state index in [9.17, 15) is 9.59 Å². The standard InChI is InChI=1S/C38H44N4O4/c43-37(40-20-7-8-21-40)26-42(25-33(29-9-3-1-4-10-29)30-11-5-2-6-12-30)38(44)34-17-15-31-14-16-32(23-35(31)46-34)45-27-28-13-18-36-39-19-22-41(36)24-28/h1,3-4,9-10,13-14,16,18-19,22-24,30,33-34H,2,5-8,11-12,15,17,20-21,25-27H2/t33-,34-/m0/s1. The van der Waals surface area contributed by atoms with E-state index in [4.69, 9.17) is 9.47 Å². The van der Waals surface area contributed by atoms with Crippen LogP contribution in [-0.4, -0.2) is 63.3 Å². The van der Waals surface area contributed by atoms with Crippen LogP contribution in [0.5, 0.6) is 11.5 Å². The Balaban J connectivity index is 1.08. The monoisotopic (exact) mass is 620 g/mol. The largest absolute Gasteiger partial charge is 0.489 e. The van der Waals surface area contributed by atoms with E-state index in [-0.39, 0.29) is 24.3 Å². The van der Waals surface area contributed by atoms with Crippen LogP contribution in [0.15, 0.2) is 79.3 Å². The number of nitrogens with zero attached hydrogens (tertiary/aromatic N) is 4. The lowest BCUT2D eigenvalue weighted by molar-refractivity contribution is -0.145. The molecule has 7 rings (SSSR count). The maximum atomic E-state index is 14.4. The summed E-state index contributed by atoms with van der Waals surface area (Å²) in [5.74, 6) is 2.02. The number of fused-ring (bicyclic) bond motifs is 2. The molecule has 4 heterocycles. The fraction of sp³-hybridized carbons (Fsp3) is 0.447. The normalized spacial score (nSPS) is 19.0. The summed E-state index contributed by atoms with van der Waals surface area (Å²) in [6.45, 7) is 2.59. The summed E-state index contributed by atoms with van der Waals surface area (Å²) in [7, 11) is 0. The highest BCUT2D eigenvalue weighted by Gasteiger charge is 2.36. The lowest BCUT2D eigenvalue weighted by atomic mass is 9.76. The number of ether oxygens (including phenoxy) is 2. The van der Waals surface area contributed by atoms with Gasteiger partial charge in [0.1, 0.15) is 23.8 Å². The molecule has 2 amide bonds. The van der Waals surface area contributed by atoms with E-state index in [1.165, 1.54) is 24.8 Å². The smallest absolute Gasteiger partial charge is 0.264 e. The molecule has 2 fully saturated rings. The Morgan fingerprint density at radius 2 is 1.78 bits per heavy atom. The second-order valence-electron chi connectivity index (χ2n) is 13.2. The number of carbonyl (C=O) groups excluding carboxylic acids is 2. The number of imidazole rings is 1. The van der Waals surface area contributed by atoms with Gasteiger partial charge in [-0.25, -0.2) is 4.98 Å². The van der Waals surface area contributed by atoms with E-state index in [0.29, 0.717) is 37.0 Å². The molecule has 1 aliphatic carbocycles. The number of pyridine rings is 1. The van der Waals surface area contributed by atoms with Gasteiger partial charge in [0.25, 0.3) is 5.91 Å². The van der Waals surface area contributed by atoms with Gasteiger partial charge >= 0.3 is 0 Å². The van der Waals surface area contributed by atoms with Crippen molar-refractivity contribution in [2.24, 2.45) is 5.92 Å². The highest BCUT2D eigenvalue weighted by Crippen LogP contribution is 2.38. The molecular weight excluding hydrogens is 576 g/mol. The number of amides is 2. The van der Waals surface area contributed by atoms with Crippen LogP contribution in [0.1, 0.15) is 74.0 Å². The molecule has 8 heteroatoms. The van der Waals surface area contributed by atoms with Crippen molar-refractivity contribution < 1.29 is 19.1 Å². The number of rotatable bonds is 10. The summed E-state index contributed by atoms with van der Waals surface area (Å²) >= 11 is 0. The highest BCUT2D eigenvalue weighted by molar-refractivity contribution is 5.87. The van der Waals surface area contributed by atoms with Gasteiger partial charge in [-0.05, 0) is 67.7 Å². The predicted molar refractivity (Wildman–Crippen MR) is 177 cm³/mol. The molecule has 2 atom stereocenters. The van der Waals surface area contributed by atoms with Gasteiger partial charge in [0.05, 0.1) is 6.54 Å². The lowest BCUT2D eigenvalue weighted by Gasteiger charge is -2.37. The molecule has 0 N–H and O–H groups in total. The summed E-state index contributed by atoms with van der Waals surface area (Å²) in [5, 5.41) is 0. The van der Waals surface area contributed by atoms with Crippen molar-refractivity contribution in [3.05, 3.63) is 95.9 Å². The molecule has 0 radical (unpaired) electrons. The fourth-order valence-corrected chi connectivity index (χ4v) is 7.50. The van der Waals surface area contributed by atoms with Crippen LogP contribution in [0, 0.1) is 5.92 Å². The Labute approximate surface area is 271 Å². The topological polar surface area (TPSA) is 76.4 Å². The van der Waals surface area contributed by atoms with Gasteiger partial charge < -0.3 is 23.7 Å². The van der Waals surface area contributed by atoms with Gasteiger partial charge in [-0.1, -0.05) is 61.7 Å². The summed E-state index contributed by atoms with van der Waals surface area (Å²) < 4.78 is 14.6. The molecule has 1 saturated heterocycles. The number of carbonyl (C=O) groups is 2. The fourth-order valence-electron chi connectivity index (χ4n) is 7.50. The molecule has 4 aromatic rings. The molecule has 0 bridgehead atoms. The molecule has 0 spiro atoms. The number of hydrogen-bond acceptors (Lipinski definition) is 5. The zero-order chi connectivity index (χ0) is 31.3. The Morgan fingerprint density at radius 3 is 2.61 bits per heavy atom. The van der Waals surface area contributed by atoms with Gasteiger partial charge in [0, 0.05) is 55.8 Å². The van der Waals surface area contributed by atoms with Crippen LogP contribution in [0.25, 0.3) is 5.65 Å². The third-order valence-corrected chi connectivity index (χ3v) is 10.1. The Hall–Kier alpha value is -4.33. The Morgan fingerprint density at radius 1 is 0.957 bits per heavy atom. The van der Waals surface area contributed by atoms with Gasteiger partial charge in [-0.3, -0.25) is 9.59 Å². The Bertz CT molecular complexity index is 1640. The molecule has 2 aliphatic heterocycles. The summed E-state index contributed by atoms with van der Waals surface area (Å²) in [6.07, 6.45) is 14.5. The molecule has 1 saturated carbocycles. The molecule has 46 heavy (non-hydrogen) atoms. The van der Waals surface area contributed by atoms with Gasteiger partial charge in [0.15, 0.2) is 6.10 Å². The van der Waals surface area contributed by atoms with Crippen LogP contribution in [0.2, 0.25) is 0 Å². The highest BCUT2D eigenvalue weighted by atomic mass is 16.5. The van der Waals surface area contributed by atoms with E-state index in [2.05, 4.69) is 29.2 Å². The minimum atomic E-state index is -0.638. The van der Waals surface area contributed by atoms with Crippen molar-refractivity contribution in [3.8, 4) is 11.5 Å². The lowest BCUT2D eigenvalue weighted by Crippen LogP contribution is -2.50. The zero-order valence-electron chi connectivity index (χ0n) is 26.6. The molecule has 8 nitrogen and oxygen atoms in total. The maximum absolute atomic E-state index is 14.4. The van der Waals surface area contributed by atoms with Gasteiger partial charge in [-0.2, -0.15) is 0 Å². The first-order valence-electron chi connectivity index (χ1n) is 17.1. The SMILES string of the molecule is O=C(CN(C[C@@H](c1ccccc1)C1CCCCC1)C(=O)[C@@H]1CCc2ccc(OCc3ccc4nccn4c3)cc2O1)N1CCCC1. The van der Waals surface area contributed by atoms with E-state index in [1.807, 2.05) is 63.0 Å². The first-order valence-corrected chi connectivity index (χ1v) is 17.1. The first-order chi connectivity index (χ1) is 22.6. The second-order valence-corrected chi connectivity index (χ2v) is 13.2. The predicted octanol–water partition coefficient (Wildman–Crippen LogP) is 6.42. The minimum absolute atomic E-state index is 0.0436. The van der Waals surface area contributed by atoms with Crippen LogP contribution in [0.4, 0.5) is 0 Å². The van der Waals surface area contributed by atoms with Gasteiger partial charge in [0.2, 0.25) is 5.91 Å². The van der Waals surface area contributed by atoms with Crippen molar-refractivity contribution in [3.63, 3.8) is 0 Å². The molecule has 0 unspecified atom stereocenters. The summed E-state index contributed by atoms with van der Waals surface area (Å²) in [6, 6.07) is 20.5. The van der Waals surface area contributed by atoms with Crippen LogP contribution < -0.4 is 9.47 Å². The molecule has 3 aliphatic rings. The van der Waals surface area contributed by atoms with Crippen molar-refractivity contribution in [1.82, 2.24) is 19.2 Å². The quantitative estimate of drug-likeness (QED) is 0.205. The third-order valence-electron chi connectivity index (χ3n) is 10.1. The van der Waals surface area contributed by atoms with Crippen LogP contribution >= 0.6 is 0 Å². The number of hydrogen-bond donors (Lipinski definition) is 0. The van der Waals surface area contributed by atoms with E-state index >= 15 is 0 Å². The average Bonchev–Trinajstić information content (AvgIpc) is 3.82. The van der Waals surface area contributed by atoms with Crippen molar-refractivity contribution in [2.45, 2.75) is 76.4 Å². The Kier molecular flexibility index (Phi) is 9.22. The molecule has 240 valence electrons. The van der Waals surface area contributed by atoms with E-state index in [1.54, 1.807) is 6.20 Å². The molecule has 2 aromatic carbocycles. The van der Waals surface area contributed by atoms with Crippen molar-refractivity contribution >= 4 is 17.5 Å². The third kappa shape index (κ3) is 6.91. The minimum Gasteiger partial charge on any atom is -0.489 e. The number of aromatic nitrogens is 2. The van der Waals surface area contributed by atoms with Crippen molar-refractivity contribution in [1.29, 1.82) is 0 Å². The van der Waals surface area contributed by atoms with E-state index in [0.717, 1.165) is 62.0 Å². The maximum Gasteiger partial charge on any atom is 0.264 e. The average molecular weight is 621 g/mol. The van der Waals surface area contributed by atoms with Crippen LogP contribution in [-0.2, 0) is 22.6 Å². The van der Waals surface area contributed by atoms with E-state index < -0.39 is 6.10 Å². The first kappa shape index (κ1) is 30.3. The zero-order valence-corrected chi connectivity index (χ0v) is 26.6. The number of aryl methyl sites for hydroxylation is 1. The summed E-state index contributed by atoms with van der Waals surface area (Å²) in [5.41, 5.74) is 4.25. The summed E-state index contributed by atoms with van der Waals surface area (Å²) in [4.78, 5) is 35.9.